The predicted molar refractivity (Wildman–Crippen MR) is 94.4 cm³/mol. The Morgan fingerprint density at radius 3 is 2.92 bits per heavy atom. The number of aromatic nitrogens is 2. The van der Waals surface area contributed by atoms with Crippen molar-refractivity contribution in [1.82, 2.24) is 14.9 Å². The van der Waals surface area contributed by atoms with Gasteiger partial charge in [-0.1, -0.05) is 36.8 Å². The molecule has 1 aromatic heterocycles. The maximum absolute atomic E-state index is 12.3. The SMILES string of the molecule is NC[C@H]1CCC[C@H]1C(=O)NCCc1nccn1Cc1ccccc1. The van der Waals surface area contributed by atoms with Crippen LogP contribution in [0.1, 0.15) is 30.7 Å². The zero-order chi connectivity index (χ0) is 16.8. The minimum Gasteiger partial charge on any atom is -0.355 e. The zero-order valence-corrected chi connectivity index (χ0v) is 14.0. The molecule has 1 amide bonds. The second-order valence-electron chi connectivity index (χ2n) is 6.53. The van der Waals surface area contributed by atoms with Gasteiger partial charge in [0, 0.05) is 37.8 Å². The first kappa shape index (κ1) is 16.7. The van der Waals surface area contributed by atoms with Gasteiger partial charge in [-0.15, -0.1) is 0 Å². The molecule has 24 heavy (non-hydrogen) atoms. The monoisotopic (exact) mass is 326 g/mol. The summed E-state index contributed by atoms with van der Waals surface area (Å²) >= 11 is 0. The van der Waals surface area contributed by atoms with E-state index in [2.05, 4.69) is 27.0 Å². The molecule has 0 aliphatic heterocycles. The van der Waals surface area contributed by atoms with Crippen LogP contribution in [0.2, 0.25) is 0 Å². The maximum atomic E-state index is 12.3. The Balaban J connectivity index is 1.51. The van der Waals surface area contributed by atoms with E-state index in [4.69, 9.17) is 5.73 Å². The number of carbonyl (C=O) groups excluding carboxylic acids is 1. The van der Waals surface area contributed by atoms with Gasteiger partial charge in [-0.2, -0.15) is 0 Å². The van der Waals surface area contributed by atoms with Crippen molar-refractivity contribution in [2.45, 2.75) is 32.2 Å². The Morgan fingerprint density at radius 1 is 1.29 bits per heavy atom. The largest absolute Gasteiger partial charge is 0.355 e. The third-order valence-corrected chi connectivity index (χ3v) is 4.94. The topological polar surface area (TPSA) is 72.9 Å². The van der Waals surface area contributed by atoms with E-state index in [1.54, 1.807) is 0 Å². The summed E-state index contributed by atoms with van der Waals surface area (Å²) in [6, 6.07) is 10.3. The first-order valence-corrected chi connectivity index (χ1v) is 8.79. The minimum atomic E-state index is 0.0964. The number of nitrogens with one attached hydrogen (secondary N) is 1. The fourth-order valence-corrected chi connectivity index (χ4v) is 3.59. The molecule has 0 unspecified atom stereocenters. The molecule has 128 valence electrons. The van der Waals surface area contributed by atoms with E-state index in [0.717, 1.165) is 38.1 Å². The number of amides is 1. The number of hydrogen-bond donors (Lipinski definition) is 2. The lowest BCUT2D eigenvalue weighted by molar-refractivity contribution is -0.125. The Kier molecular flexibility index (Phi) is 5.64. The quantitative estimate of drug-likeness (QED) is 0.817. The molecule has 0 radical (unpaired) electrons. The molecule has 3 rings (SSSR count). The highest BCUT2D eigenvalue weighted by molar-refractivity contribution is 5.79. The molecule has 0 spiro atoms. The Hall–Kier alpha value is -2.14. The number of rotatable bonds is 7. The van der Waals surface area contributed by atoms with E-state index in [-0.39, 0.29) is 11.8 Å². The van der Waals surface area contributed by atoms with Crippen molar-refractivity contribution in [3.63, 3.8) is 0 Å². The highest BCUT2D eigenvalue weighted by Gasteiger charge is 2.31. The number of nitrogens with two attached hydrogens (primary N) is 1. The van der Waals surface area contributed by atoms with Crippen molar-refractivity contribution < 1.29 is 4.79 Å². The molecule has 1 heterocycles. The molecule has 2 aromatic rings. The summed E-state index contributed by atoms with van der Waals surface area (Å²) in [5, 5.41) is 3.07. The van der Waals surface area contributed by atoms with Gasteiger partial charge in [0.25, 0.3) is 0 Å². The molecule has 5 heteroatoms. The summed E-state index contributed by atoms with van der Waals surface area (Å²) in [7, 11) is 0. The second-order valence-corrected chi connectivity index (χ2v) is 6.53. The zero-order valence-electron chi connectivity index (χ0n) is 14.0. The molecule has 1 aliphatic carbocycles. The molecule has 1 saturated carbocycles. The van der Waals surface area contributed by atoms with Gasteiger partial charge in [-0.3, -0.25) is 4.79 Å². The molecule has 0 saturated heterocycles. The summed E-state index contributed by atoms with van der Waals surface area (Å²) in [5.74, 6) is 1.61. The third-order valence-electron chi connectivity index (χ3n) is 4.94. The van der Waals surface area contributed by atoms with Gasteiger partial charge in [-0.25, -0.2) is 4.98 Å². The molecule has 2 atom stereocenters. The first-order valence-electron chi connectivity index (χ1n) is 8.79. The summed E-state index contributed by atoms with van der Waals surface area (Å²) in [6.45, 7) is 2.04. The van der Waals surface area contributed by atoms with Gasteiger partial charge in [0.2, 0.25) is 5.91 Å². The smallest absolute Gasteiger partial charge is 0.223 e. The van der Waals surface area contributed by atoms with Gasteiger partial charge in [0.05, 0.1) is 0 Å². The summed E-state index contributed by atoms with van der Waals surface area (Å²) < 4.78 is 2.14. The lowest BCUT2D eigenvalue weighted by Gasteiger charge is -2.17. The van der Waals surface area contributed by atoms with E-state index >= 15 is 0 Å². The molecule has 3 N–H and O–H groups in total. The fraction of sp³-hybridized carbons (Fsp3) is 0.474. The van der Waals surface area contributed by atoms with Crippen molar-refractivity contribution >= 4 is 5.91 Å². The highest BCUT2D eigenvalue weighted by atomic mass is 16.1. The molecular formula is C19H26N4O. The van der Waals surface area contributed by atoms with E-state index in [1.807, 2.05) is 30.6 Å². The Labute approximate surface area is 143 Å². The lowest BCUT2D eigenvalue weighted by Crippen LogP contribution is -2.36. The van der Waals surface area contributed by atoms with E-state index < -0.39 is 0 Å². The summed E-state index contributed by atoms with van der Waals surface area (Å²) in [6.07, 6.45) is 7.71. The summed E-state index contributed by atoms with van der Waals surface area (Å²) in [5.41, 5.74) is 7.02. The highest BCUT2D eigenvalue weighted by Crippen LogP contribution is 2.30. The predicted octanol–water partition coefficient (Wildman–Crippen LogP) is 1.97. The average molecular weight is 326 g/mol. The van der Waals surface area contributed by atoms with E-state index in [1.165, 1.54) is 5.56 Å². The molecule has 1 aliphatic rings. The Morgan fingerprint density at radius 2 is 2.12 bits per heavy atom. The normalized spacial score (nSPS) is 20.2. The molecule has 0 bridgehead atoms. The Bertz CT molecular complexity index is 652. The standard InChI is InChI=1S/C19H26N4O/c20-13-16-7-4-8-17(16)19(24)22-10-9-18-21-11-12-23(18)14-15-5-2-1-3-6-15/h1-3,5-6,11-12,16-17H,4,7-10,13-14,20H2,(H,22,24)/t16-,17-/m1/s1. The van der Waals surface area contributed by atoms with Gasteiger partial charge < -0.3 is 15.6 Å². The number of hydrogen-bond acceptors (Lipinski definition) is 3. The van der Waals surface area contributed by atoms with Crippen molar-refractivity contribution in [3.05, 3.63) is 54.1 Å². The van der Waals surface area contributed by atoms with Gasteiger partial charge in [-0.05, 0) is 30.9 Å². The van der Waals surface area contributed by atoms with Gasteiger partial charge in [0.1, 0.15) is 5.82 Å². The van der Waals surface area contributed by atoms with Crippen LogP contribution in [0.3, 0.4) is 0 Å². The lowest BCUT2D eigenvalue weighted by atomic mass is 9.95. The average Bonchev–Trinajstić information content (AvgIpc) is 3.25. The van der Waals surface area contributed by atoms with Crippen LogP contribution in [-0.2, 0) is 17.8 Å². The molecule has 1 aromatic carbocycles. The van der Waals surface area contributed by atoms with E-state index in [9.17, 15) is 4.79 Å². The van der Waals surface area contributed by atoms with Crippen LogP contribution in [-0.4, -0.2) is 28.5 Å². The fourth-order valence-electron chi connectivity index (χ4n) is 3.59. The molecule has 1 fully saturated rings. The number of imidazole rings is 1. The summed E-state index contributed by atoms with van der Waals surface area (Å²) in [4.78, 5) is 16.8. The van der Waals surface area contributed by atoms with Crippen molar-refractivity contribution in [1.29, 1.82) is 0 Å². The number of nitrogens with zero attached hydrogens (tertiary/aromatic N) is 2. The first-order chi connectivity index (χ1) is 11.8. The van der Waals surface area contributed by atoms with E-state index in [0.29, 0.717) is 19.0 Å². The van der Waals surface area contributed by atoms with Crippen molar-refractivity contribution in [3.8, 4) is 0 Å². The maximum Gasteiger partial charge on any atom is 0.223 e. The second kappa shape index (κ2) is 8.11. The molecule has 5 nitrogen and oxygen atoms in total. The van der Waals surface area contributed by atoms with Gasteiger partial charge >= 0.3 is 0 Å². The number of carbonyl (C=O) groups is 1. The number of benzene rings is 1. The van der Waals surface area contributed by atoms with Crippen molar-refractivity contribution in [2.24, 2.45) is 17.6 Å². The van der Waals surface area contributed by atoms with Gasteiger partial charge in [0.15, 0.2) is 0 Å². The van der Waals surface area contributed by atoms with Crippen LogP contribution >= 0.6 is 0 Å². The van der Waals surface area contributed by atoms with Crippen LogP contribution in [0.4, 0.5) is 0 Å². The minimum absolute atomic E-state index is 0.0964. The van der Waals surface area contributed by atoms with Crippen LogP contribution < -0.4 is 11.1 Å². The van der Waals surface area contributed by atoms with Crippen LogP contribution in [0.15, 0.2) is 42.7 Å². The molecular weight excluding hydrogens is 300 g/mol. The van der Waals surface area contributed by atoms with Crippen molar-refractivity contribution in [2.75, 3.05) is 13.1 Å². The van der Waals surface area contributed by atoms with Crippen LogP contribution in [0.5, 0.6) is 0 Å². The van der Waals surface area contributed by atoms with Crippen LogP contribution in [0, 0.1) is 11.8 Å². The van der Waals surface area contributed by atoms with Crippen LogP contribution in [0.25, 0.3) is 0 Å². The third kappa shape index (κ3) is 4.03.